The predicted molar refractivity (Wildman–Crippen MR) is 75.7 cm³/mol. The molecule has 0 aromatic heterocycles. The lowest BCUT2D eigenvalue weighted by molar-refractivity contribution is 0.0209. The van der Waals surface area contributed by atoms with E-state index >= 15 is 0 Å². The minimum atomic E-state index is -0.0783. The van der Waals surface area contributed by atoms with Gasteiger partial charge >= 0.3 is 0 Å². The first kappa shape index (κ1) is 14.3. The number of likely N-dealkylation sites (tertiary alicyclic amines) is 1. The molecule has 1 aliphatic carbocycles. The van der Waals surface area contributed by atoms with E-state index in [0.29, 0.717) is 6.04 Å². The summed E-state index contributed by atoms with van der Waals surface area (Å²) in [5.41, 5.74) is 0. The van der Waals surface area contributed by atoms with Crippen LogP contribution < -0.4 is 5.32 Å². The highest BCUT2D eigenvalue weighted by Gasteiger charge is 2.30. The van der Waals surface area contributed by atoms with Gasteiger partial charge in [-0.25, -0.2) is 0 Å². The smallest absolute Gasteiger partial charge is 0.0695 e. The Bertz CT molecular complexity index is 235. The van der Waals surface area contributed by atoms with Gasteiger partial charge in [0.05, 0.1) is 6.10 Å². The fraction of sp³-hybridized carbons (Fsp3) is 1.00. The molecule has 1 saturated carbocycles. The zero-order valence-corrected chi connectivity index (χ0v) is 11.9. The number of piperidine rings is 1. The van der Waals surface area contributed by atoms with Crippen LogP contribution in [0.5, 0.6) is 0 Å². The average Bonchev–Trinajstić information content (AvgIpc) is 2.61. The summed E-state index contributed by atoms with van der Waals surface area (Å²) in [5, 5.41) is 13.8. The molecule has 0 spiro atoms. The SMILES string of the molecule is CCNCC1CCCN(C2CCCCCC2O)C1. The molecule has 0 amide bonds. The first-order valence-electron chi connectivity index (χ1n) is 7.94. The first-order chi connectivity index (χ1) is 8.81. The van der Waals surface area contributed by atoms with E-state index < -0.39 is 0 Å². The summed E-state index contributed by atoms with van der Waals surface area (Å²) >= 11 is 0. The van der Waals surface area contributed by atoms with E-state index in [2.05, 4.69) is 17.1 Å². The molecular weight excluding hydrogens is 224 g/mol. The lowest BCUT2D eigenvalue weighted by Crippen LogP contribution is -2.49. The van der Waals surface area contributed by atoms with Gasteiger partial charge in [0.15, 0.2) is 0 Å². The molecule has 1 aliphatic heterocycles. The molecule has 1 heterocycles. The fourth-order valence-corrected chi connectivity index (χ4v) is 3.61. The number of aliphatic hydroxyl groups is 1. The maximum absolute atomic E-state index is 10.3. The van der Waals surface area contributed by atoms with Crippen molar-refractivity contribution in [3.05, 3.63) is 0 Å². The van der Waals surface area contributed by atoms with Crippen LogP contribution in [0.2, 0.25) is 0 Å². The van der Waals surface area contributed by atoms with E-state index in [0.717, 1.165) is 25.4 Å². The van der Waals surface area contributed by atoms with Crippen LogP contribution in [0.1, 0.15) is 51.9 Å². The molecule has 3 atom stereocenters. The molecule has 0 aromatic rings. The van der Waals surface area contributed by atoms with Crippen LogP contribution in [0, 0.1) is 5.92 Å². The van der Waals surface area contributed by atoms with Crippen molar-refractivity contribution in [2.75, 3.05) is 26.2 Å². The molecule has 2 aliphatic rings. The topological polar surface area (TPSA) is 35.5 Å². The maximum Gasteiger partial charge on any atom is 0.0695 e. The molecule has 2 rings (SSSR count). The predicted octanol–water partition coefficient (Wildman–Crippen LogP) is 2.00. The quantitative estimate of drug-likeness (QED) is 0.753. The monoisotopic (exact) mass is 254 g/mol. The van der Waals surface area contributed by atoms with Crippen LogP contribution in [-0.4, -0.2) is 48.3 Å². The molecule has 3 nitrogen and oxygen atoms in total. The molecular formula is C15H30N2O. The van der Waals surface area contributed by atoms with Crippen LogP contribution in [0.15, 0.2) is 0 Å². The Morgan fingerprint density at radius 1 is 1.11 bits per heavy atom. The summed E-state index contributed by atoms with van der Waals surface area (Å²) in [6, 6.07) is 0.442. The van der Waals surface area contributed by atoms with Gasteiger partial charge in [-0.05, 0) is 51.2 Å². The Morgan fingerprint density at radius 3 is 2.78 bits per heavy atom. The molecule has 18 heavy (non-hydrogen) atoms. The number of rotatable bonds is 4. The summed E-state index contributed by atoms with van der Waals surface area (Å²) in [7, 11) is 0. The Morgan fingerprint density at radius 2 is 1.94 bits per heavy atom. The van der Waals surface area contributed by atoms with Crippen LogP contribution in [0.4, 0.5) is 0 Å². The maximum atomic E-state index is 10.3. The van der Waals surface area contributed by atoms with E-state index in [9.17, 15) is 5.11 Å². The Labute approximate surface area is 112 Å². The molecule has 0 radical (unpaired) electrons. The van der Waals surface area contributed by atoms with Gasteiger partial charge in [0, 0.05) is 12.6 Å². The third-order valence-electron chi connectivity index (χ3n) is 4.65. The third kappa shape index (κ3) is 3.94. The van der Waals surface area contributed by atoms with Crippen molar-refractivity contribution in [2.24, 2.45) is 5.92 Å². The van der Waals surface area contributed by atoms with Crippen molar-refractivity contribution in [1.29, 1.82) is 0 Å². The van der Waals surface area contributed by atoms with E-state index in [4.69, 9.17) is 0 Å². The highest BCUT2D eigenvalue weighted by molar-refractivity contribution is 4.85. The van der Waals surface area contributed by atoms with E-state index in [1.54, 1.807) is 0 Å². The molecule has 2 fully saturated rings. The number of hydrogen-bond acceptors (Lipinski definition) is 3. The standard InChI is InChI=1S/C15H30N2O/c1-2-16-11-13-7-6-10-17(12-13)14-8-4-3-5-9-15(14)18/h13-16,18H,2-12H2,1H3. The normalized spacial score (nSPS) is 35.3. The van der Waals surface area contributed by atoms with Gasteiger partial charge in [0.1, 0.15) is 0 Å². The fourth-order valence-electron chi connectivity index (χ4n) is 3.61. The number of nitrogens with one attached hydrogen (secondary N) is 1. The van der Waals surface area contributed by atoms with E-state index in [1.165, 1.54) is 51.6 Å². The molecule has 3 unspecified atom stereocenters. The number of hydrogen-bond donors (Lipinski definition) is 2. The second-order valence-corrected chi connectivity index (χ2v) is 6.08. The Balaban J connectivity index is 1.86. The van der Waals surface area contributed by atoms with E-state index in [1.807, 2.05) is 0 Å². The third-order valence-corrected chi connectivity index (χ3v) is 4.65. The second-order valence-electron chi connectivity index (χ2n) is 6.08. The van der Waals surface area contributed by atoms with E-state index in [-0.39, 0.29) is 6.10 Å². The van der Waals surface area contributed by atoms with Crippen molar-refractivity contribution < 1.29 is 5.11 Å². The molecule has 1 saturated heterocycles. The van der Waals surface area contributed by atoms with Crippen molar-refractivity contribution in [3.63, 3.8) is 0 Å². The minimum absolute atomic E-state index is 0.0783. The Kier molecular flexibility index (Phi) is 5.93. The van der Waals surface area contributed by atoms with Crippen molar-refractivity contribution in [1.82, 2.24) is 10.2 Å². The summed E-state index contributed by atoms with van der Waals surface area (Å²) in [6.07, 6.45) is 8.62. The number of aliphatic hydroxyl groups excluding tert-OH is 1. The highest BCUT2D eigenvalue weighted by atomic mass is 16.3. The lowest BCUT2D eigenvalue weighted by Gasteiger charge is -2.40. The van der Waals surface area contributed by atoms with Crippen molar-refractivity contribution in [2.45, 2.75) is 64.0 Å². The van der Waals surface area contributed by atoms with Gasteiger partial charge in [-0.2, -0.15) is 0 Å². The molecule has 0 aromatic carbocycles. The first-order valence-corrected chi connectivity index (χ1v) is 7.94. The lowest BCUT2D eigenvalue weighted by atomic mass is 9.94. The van der Waals surface area contributed by atoms with Gasteiger partial charge < -0.3 is 10.4 Å². The molecule has 0 bridgehead atoms. The van der Waals surface area contributed by atoms with Crippen LogP contribution in [-0.2, 0) is 0 Å². The number of nitrogens with zero attached hydrogens (tertiary/aromatic N) is 1. The van der Waals surface area contributed by atoms with Crippen molar-refractivity contribution >= 4 is 0 Å². The molecule has 2 N–H and O–H groups in total. The van der Waals surface area contributed by atoms with Gasteiger partial charge in [-0.15, -0.1) is 0 Å². The van der Waals surface area contributed by atoms with Crippen LogP contribution >= 0.6 is 0 Å². The largest absolute Gasteiger partial charge is 0.391 e. The van der Waals surface area contributed by atoms with Crippen molar-refractivity contribution in [3.8, 4) is 0 Å². The minimum Gasteiger partial charge on any atom is -0.391 e. The summed E-state index contributed by atoms with van der Waals surface area (Å²) in [6.45, 7) is 6.78. The zero-order chi connectivity index (χ0) is 12.8. The van der Waals surface area contributed by atoms with Gasteiger partial charge in [0.2, 0.25) is 0 Å². The zero-order valence-electron chi connectivity index (χ0n) is 11.9. The second kappa shape index (κ2) is 7.46. The summed E-state index contributed by atoms with van der Waals surface area (Å²) in [4.78, 5) is 2.58. The van der Waals surface area contributed by atoms with Crippen LogP contribution in [0.25, 0.3) is 0 Å². The summed E-state index contributed by atoms with van der Waals surface area (Å²) < 4.78 is 0. The van der Waals surface area contributed by atoms with Crippen LogP contribution in [0.3, 0.4) is 0 Å². The van der Waals surface area contributed by atoms with Gasteiger partial charge in [-0.1, -0.05) is 26.2 Å². The van der Waals surface area contributed by atoms with Gasteiger partial charge in [0.25, 0.3) is 0 Å². The summed E-state index contributed by atoms with van der Waals surface area (Å²) in [5.74, 6) is 0.786. The molecule has 106 valence electrons. The highest BCUT2D eigenvalue weighted by Crippen LogP contribution is 2.26. The van der Waals surface area contributed by atoms with Gasteiger partial charge in [-0.3, -0.25) is 4.90 Å². The Hall–Kier alpha value is -0.120. The average molecular weight is 254 g/mol. The molecule has 3 heteroatoms.